The molecule has 4 bridgehead atoms. The standard InChI is InChI=1S/C29H36N4O/c1-17-11-18(2)31-27(30-17)33-16-21-14-28-8-7-24(33)26(21)29(28)9-10-32(15-19-3-4-19)25(28)12-20-5-6-22(34)13-23(20)29/h5-6,11,13,19,21,24-26,34H,3-4,7-10,12,14-16H2,1-2H3/t21-,24+,25-,26-,28-,29+/m1/s1. The molecule has 6 aliphatic rings. The number of rotatable bonds is 3. The number of fused-ring (bicyclic) bond motifs is 1. The molecule has 0 unspecified atom stereocenters. The number of phenolic OH excluding ortho intramolecular Hbond substituents is 1. The Balaban J connectivity index is 1.28. The second kappa shape index (κ2) is 6.54. The number of aryl methyl sites for hydroxylation is 2. The molecule has 3 saturated carbocycles. The van der Waals surface area contributed by atoms with Crippen molar-refractivity contribution in [2.45, 2.75) is 76.3 Å². The molecule has 1 aromatic heterocycles. The Kier molecular flexibility index (Phi) is 3.87. The zero-order chi connectivity index (χ0) is 22.8. The van der Waals surface area contributed by atoms with Crippen LogP contribution in [-0.4, -0.2) is 51.7 Å². The predicted octanol–water partition coefficient (Wildman–Crippen LogP) is 4.38. The Morgan fingerprint density at radius 2 is 1.88 bits per heavy atom. The van der Waals surface area contributed by atoms with Crippen LogP contribution in [0.3, 0.4) is 0 Å². The van der Waals surface area contributed by atoms with Crippen LogP contribution >= 0.6 is 0 Å². The molecule has 4 aliphatic carbocycles. The molecule has 1 N–H and O–H groups in total. The van der Waals surface area contributed by atoms with Gasteiger partial charge in [0.2, 0.25) is 5.95 Å². The second-order valence-corrected chi connectivity index (χ2v) is 12.6. The number of piperidine rings is 1. The maximum atomic E-state index is 10.6. The maximum Gasteiger partial charge on any atom is 0.226 e. The number of hydrogen-bond donors (Lipinski definition) is 1. The largest absolute Gasteiger partial charge is 0.508 e. The predicted molar refractivity (Wildman–Crippen MR) is 132 cm³/mol. The maximum absolute atomic E-state index is 10.6. The number of nitrogens with zero attached hydrogens (tertiary/aromatic N) is 4. The fourth-order valence-electron chi connectivity index (χ4n) is 10.0. The average molecular weight is 457 g/mol. The number of anilines is 1. The van der Waals surface area contributed by atoms with Gasteiger partial charge in [0.15, 0.2) is 0 Å². The van der Waals surface area contributed by atoms with Gasteiger partial charge >= 0.3 is 0 Å². The second-order valence-electron chi connectivity index (χ2n) is 12.6. The summed E-state index contributed by atoms with van der Waals surface area (Å²) in [6.45, 7) is 7.84. The number of aromatic nitrogens is 2. The quantitative estimate of drug-likeness (QED) is 0.743. The van der Waals surface area contributed by atoms with Crippen LogP contribution in [0.15, 0.2) is 24.3 Å². The molecule has 6 atom stereocenters. The first kappa shape index (κ1) is 20.1. The van der Waals surface area contributed by atoms with E-state index in [2.05, 4.69) is 41.8 Å². The van der Waals surface area contributed by atoms with Gasteiger partial charge in [0.1, 0.15) is 5.75 Å². The highest BCUT2D eigenvalue weighted by atomic mass is 16.3. The van der Waals surface area contributed by atoms with Crippen molar-refractivity contribution in [3.8, 4) is 5.75 Å². The molecule has 0 spiro atoms. The Hall–Kier alpha value is -2.14. The zero-order valence-corrected chi connectivity index (χ0v) is 20.5. The number of aromatic hydroxyl groups is 1. The van der Waals surface area contributed by atoms with Crippen molar-refractivity contribution in [2.24, 2.45) is 23.2 Å². The molecule has 2 saturated heterocycles. The summed E-state index contributed by atoms with van der Waals surface area (Å²) in [4.78, 5) is 15.4. The van der Waals surface area contributed by atoms with Gasteiger partial charge in [-0.2, -0.15) is 0 Å². The van der Waals surface area contributed by atoms with Gasteiger partial charge < -0.3 is 10.0 Å². The van der Waals surface area contributed by atoms with Crippen molar-refractivity contribution in [3.05, 3.63) is 46.8 Å². The Morgan fingerprint density at radius 3 is 2.68 bits per heavy atom. The molecule has 0 amide bonds. The third kappa shape index (κ3) is 2.40. The van der Waals surface area contributed by atoms with Gasteiger partial charge in [-0.3, -0.25) is 4.90 Å². The van der Waals surface area contributed by atoms with Gasteiger partial charge in [-0.1, -0.05) is 6.07 Å². The Morgan fingerprint density at radius 1 is 1.06 bits per heavy atom. The molecule has 5 fully saturated rings. The molecule has 5 nitrogen and oxygen atoms in total. The monoisotopic (exact) mass is 456 g/mol. The van der Waals surface area contributed by atoms with Crippen LogP contribution in [0.25, 0.3) is 0 Å². The lowest BCUT2D eigenvalue weighted by molar-refractivity contribution is -0.0921. The first-order valence-corrected chi connectivity index (χ1v) is 13.6. The zero-order valence-electron chi connectivity index (χ0n) is 20.5. The van der Waals surface area contributed by atoms with Crippen molar-refractivity contribution in [1.29, 1.82) is 0 Å². The molecular weight excluding hydrogens is 420 g/mol. The van der Waals surface area contributed by atoms with Crippen LogP contribution in [0.5, 0.6) is 5.75 Å². The Labute approximate surface area is 202 Å². The molecule has 1 aromatic carbocycles. The lowest BCUT2D eigenvalue weighted by atomic mass is 9.43. The summed E-state index contributed by atoms with van der Waals surface area (Å²) in [6.07, 6.45) is 9.22. The minimum Gasteiger partial charge on any atom is -0.508 e. The lowest BCUT2D eigenvalue weighted by Gasteiger charge is -2.66. The molecule has 5 heteroatoms. The molecule has 8 rings (SSSR count). The Bertz CT molecular complexity index is 1170. The number of phenols is 1. The van der Waals surface area contributed by atoms with E-state index in [0.29, 0.717) is 35.1 Å². The van der Waals surface area contributed by atoms with E-state index >= 15 is 0 Å². The minimum atomic E-state index is 0.200. The van der Waals surface area contributed by atoms with Crippen molar-refractivity contribution in [1.82, 2.24) is 14.9 Å². The lowest BCUT2D eigenvalue weighted by Crippen LogP contribution is -2.69. The van der Waals surface area contributed by atoms with E-state index in [1.54, 1.807) is 0 Å². The first-order chi connectivity index (χ1) is 16.5. The topological polar surface area (TPSA) is 52.5 Å². The molecule has 178 valence electrons. The van der Waals surface area contributed by atoms with E-state index < -0.39 is 0 Å². The minimum absolute atomic E-state index is 0.200. The van der Waals surface area contributed by atoms with Gasteiger partial charge in [-0.15, -0.1) is 0 Å². The van der Waals surface area contributed by atoms with Gasteiger partial charge in [-0.25, -0.2) is 9.97 Å². The number of hydrogen-bond acceptors (Lipinski definition) is 5. The van der Waals surface area contributed by atoms with Gasteiger partial charge in [0, 0.05) is 42.0 Å². The van der Waals surface area contributed by atoms with Crippen LogP contribution in [-0.2, 0) is 11.8 Å². The van der Waals surface area contributed by atoms with Crippen molar-refractivity contribution < 1.29 is 5.11 Å². The third-order valence-electron chi connectivity index (χ3n) is 11.0. The van der Waals surface area contributed by atoms with Crippen LogP contribution in [0.2, 0.25) is 0 Å². The summed E-state index contributed by atoms with van der Waals surface area (Å²) in [5.41, 5.74) is 5.75. The van der Waals surface area contributed by atoms with Gasteiger partial charge in [0.25, 0.3) is 0 Å². The van der Waals surface area contributed by atoms with E-state index in [1.807, 2.05) is 6.07 Å². The van der Waals surface area contributed by atoms with Crippen LogP contribution in [0, 0.1) is 37.0 Å². The molecule has 0 radical (unpaired) electrons. The van der Waals surface area contributed by atoms with Crippen molar-refractivity contribution in [2.75, 3.05) is 24.5 Å². The van der Waals surface area contributed by atoms with Crippen molar-refractivity contribution in [3.63, 3.8) is 0 Å². The highest BCUT2D eigenvalue weighted by Crippen LogP contribution is 2.75. The highest BCUT2D eigenvalue weighted by molar-refractivity contribution is 5.53. The third-order valence-corrected chi connectivity index (χ3v) is 11.0. The van der Waals surface area contributed by atoms with E-state index in [4.69, 9.17) is 9.97 Å². The molecular formula is C29H36N4O. The molecule has 2 aromatic rings. The van der Waals surface area contributed by atoms with Crippen LogP contribution in [0.1, 0.15) is 61.0 Å². The highest BCUT2D eigenvalue weighted by Gasteiger charge is 2.76. The molecule has 3 heterocycles. The number of likely N-dealkylation sites (tertiary alicyclic amines) is 1. The van der Waals surface area contributed by atoms with Crippen molar-refractivity contribution >= 4 is 5.95 Å². The summed E-state index contributed by atoms with van der Waals surface area (Å²) in [5, 5.41) is 10.6. The normalized spacial score (nSPS) is 39.8. The first-order valence-electron chi connectivity index (χ1n) is 13.6. The fraction of sp³-hybridized carbons (Fsp3) is 0.655. The molecule has 34 heavy (non-hydrogen) atoms. The summed E-state index contributed by atoms with van der Waals surface area (Å²) >= 11 is 0. The van der Waals surface area contributed by atoms with Crippen LogP contribution < -0.4 is 4.90 Å². The van der Waals surface area contributed by atoms with E-state index in [-0.39, 0.29) is 5.41 Å². The SMILES string of the molecule is Cc1cc(C)nc(N2C[C@H]3C[C@@]45CC[C@H]2[C@@H]3[C@@]42CCN(CC3CC3)[C@@H]5Cc3ccc(O)cc32)n1. The van der Waals surface area contributed by atoms with Gasteiger partial charge in [0.05, 0.1) is 0 Å². The molecule has 2 aliphatic heterocycles. The summed E-state index contributed by atoms with van der Waals surface area (Å²) in [5.74, 6) is 3.70. The van der Waals surface area contributed by atoms with E-state index in [0.717, 1.165) is 29.8 Å². The van der Waals surface area contributed by atoms with E-state index in [1.165, 1.54) is 69.2 Å². The van der Waals surface area contributed by atoms with Gasteiger partial charge in [-0.05, 0) is 118 Å². The van der Waals surface area contributed by atoms with E-state index in [9.17, 15) is 5.11 Å². The summed E-state index contributed by atoms with van der Waals surface area (Å²) in [6, 6.07) is 9.65. The summed E-state index contributed by atoms with van der Waals surface area (Å²) in [7, 11) is 0. The number of benzene rings is 1. The smallest absolute Gasteiger partial charge is 0.226 e. The summed E-state index contributed by atoms with van der Waals surface area (Å²) < 4.78 is 0. The average Bonchev–Trinajstić information content (AvgIpc) is 3.48. The fourth-order valence-corrected chi connectivity index (χ4v) is 10.0. The van der Waals surface area contributed by atoms with Crippen LogP contribution in [0.4, 0.5) is 5.95 Å².